The second-order valence-corrected chi connectivity index (χ2v) is 4.00. The van der Waals surface area contributed by atoms with Crippen LogP contribution in [0.5, 0.6) is 0 Å². The highest BCUT2D eigenvalue weighted by molar-refractivity contribution is 5.10. The van der Waals surface area contributed by atoms with Gasteiger partial charge in [0.2, 0.25) is 11.8 Å². The quantitative estimate of drug-likeness (QED) is 0.670. The van der Waals surface area contributed by atoms with Gasteiger partial charge in [0, 0.05) is 12.8 Å². The fourth-order valence-electron chi connectivity index (χ4n) is 2.01. The molecule has 1 heterocycles. The van der Waals surface area contributed by atoms with Crippen LogP contribution in [0.3, 0.4) is 0 Å². The van der Waals surface area contributed by atoms with E-state index in [1.807, 2.05) is 6.92 Å². The zero-order valence-electron chi connectivity index (χ0n) is 7.16. The molecular weight excluding hydrogens is 152 g/mol. The van der Waals surface area contributed by atoms with Crippen LogP contribution in [0.2, 0.25) is 0 Å². The number of nitrogens with zero attached hydrogens (tertiary/aromatic N) is 2. The van der Waals surface area contributed by atoms with E-state index in [1.165, 1.54) is 19.3 Å². The molecule has 2 aliphatic carbocycles. The van der Waals surface area contributed by atoms with Crippen LogP contribution in [0, 0.1) is 18.8 Å². The largest absolute Gasteiger partial charge is 0.425 e. The van der Waals surface area contributed by atoms with Gasteiger partial charge in [0.25, 0.3) is 0 Å². The van der Waals surface area contributed by atoms with E-state index in [0.29, 0.717) is 11.8 Å². The maximum Gasteiger partial charge on any atom is 0.219 e. The molecule has 12 heavy (non-hydrogen) atoms. The maximum absolute atomic E-state index is 5.39. The molecule has 1 aromatic rings. The summed E-state index contributed by atoms with van der Waals surface area (Å²) in [7, 11) is 0. The summed E-state index contributed by atoms with van der Waals surface area (Å²) >= 11 is 0. The Balaban J connectivity index is 1.75. The molecule has 2 aliphatic rings. The van der Waals surface area contributed by atoms with Crippen LogP contribution in [0.15, 0.2) is 4.42 Å². The minimum Gasteiger partial charge on any atom is -0.425 e. The lowest BCUT2D eigenvalue weighted by Crippen LogP contribution is -1.85. The van der Waals surface area contributed by atoms with Gasteiger partial charge in [-0.15, -0.1) is 10.2 Å². The maximum atomic E-state index is 5.39. The van der Waals surface area contributed by atoms with Gasteiger partial charge in [0.15, 0.2) is 0 Å². The SMILES string of the molecule is Cc1nnc(C2CC2C2CC2)o1. The van der Waals surface area contributed by atoms with Gasteiger partial charge in [-0.3, -0.25) is 0 Å². The molecule has 3 rings (SSSR count). The van der Waals surface area contributed by atoms with Gasteiger partial charge in [0.05, 0.1) is 0 Å². The van der Waals surface area contributed by atoms with Crippen molar-refractivity contribution < 1.29 is 4.42 Å². The number of hydrogen-bond acceptors (Lipinski definition) is 3. The van der Waals surface area contributed by atoms with E-state index in [1.54, 1.807) is 0 Å². The molecule has 3 heteroatoms. The normalized spacial score (nSPS) is 33.8. The Hall–Kier alpha value is -0.860. The molecule has 0 spiro atoms. The van der Waals surface area contributed by atoms with Gasteiger partial charge < -0.3 is 4.42 Å². The summed E-state index contributed by atoms with van der Waals surface area (Å²) in [6.07, 6.45) is 4.13. The third kappa shape index (κ3) is 0.958. The van der Waals surface area contributed by atoms with Gasteiger partial charge >= 0.3 is 0 Å². The topological polar surface area (TPSA) is 38.9 Å². The Morgan fingerprint density at radius 2 is 2.17 bits per heavy atom. The first kappa shape index (κ1) is 6.63. The summed E-state index contributed by atoms with van der Waals surface area (Å²) in [5.74, 6) is 4.06. The van der Waals surface area contributed by atoms with Crippen LogP contribution >= 0.6 is 0 Å². The van der Waals surface area contributed by atoms with Gasteiger partial charge in [-0.1, -0.05) is 0 Å². The van der Waals surface area contributed by atoms with Crippen molar-refractivity contribution in [3.63, 3.8) is 0 Å². The molecule has 0 saturated heterocycles. The van der Waals surface area contributed by atoms with Crippen molar-refractivity contribution >= 4 is 0 Å². The second kappa shape index (κ2) is 2.09. The molecule has 0 bridgehead atoms. The zero-order valence-corrected chi connectivity index (χ0v) is 7.16. The van der Waals surface area contributed by atoms with Gasteiger partial charge in [-0.25, -0.2) is 0 Å². The summed E-state index contributed by atoms with van der Waals surface area (Å²) < 4.78 is 5.39. The van der Waals surface area contributed by atoms with E-state index in [4.69, 9.17) is 4.42 Å². The summed E-state index contributed by atoms with van der Waals surface area (Å²) in [6.45, 7) is 1.85. The van der Waals surface area contributed by atoms with Crippen LogP contribution in [-0.4, -0.2) is 10.2 Å². The number of aromatic nitrogens is 2. The van der Waals surface area contributed by atoms with Gasteiger partial charge in [-0.05, 0) is 31.1 Å². The average molecular weight is 164 g/mol. The molecule has 2 unspecified atom stereocenters. The first-order chi connectivity index (χ1) is 5.84. The molecule has 2 atom stereocenters. The molecular formula is C9H12N2O. The molecule has 0 radical (unpaired) electrons. The van der Waals surface area contributed by atoms with Crippen molar-refractivity contribution in [1.82, 2.24) is 10.2 Å². The highest BCUT2D eigenvalue weighted by Gasteiger charge is 2.50. The predicted molar refractivity (Wildman–Crippen MR) is 42.6 cm³/mol. The molecule has 1 aromatic heterocycles. The average Bonchev–Trinajstić information content (AvgIpc) is 2.92. The Morgan fingerprint density at radius 3 is 2.75 bits per heavy atom. The Labute approximate surface area is 71.2 Å². The van der Waals surface area contributed by atoms with Crippen LogP contribution in [-0.2, 0) is 0 Å². The third-order valence-electron chi connectivity index (χ3n) is 2.93. The van der Waals surface area contributed by atoms with Crippen molar-refractivity contribution in [2.75, 3.05) is 0 Å². The lowest BCUT2D eigenvalue weighted by atomic mass is 10.2. The van der Waals surface area contributed by atoms with Crippen LogP contribution in [0.1, 0.15) is 37.0 Å². The first-order valence-corrected chi connectivity index (χ1v) is 4.64. The standard InChI is InChI=1S/C9H12N2O/c1-5-10-11-9(12-5)8-4-7(8)6-2-3-6/h6-8H,2-4H2,1H3. The smallest absolute Gasteiger partial charge is 0.219 e. The van der Waals surface area contributed by atoms with Crippen molar-refractivity contribution in [3.8, 4) is 0 Å². The number of rotatable bonds is 2. The highest BCUT2D eigenvalue weighted by Crippen LogP contribution is 2.58. The molecule has 0 aromatic carbocycles. The molecule has 3 nitrogen and oxygen atoms in total. The van der Waals surface area contributed by atoms with E-state index >= 15 is 0 Å². The summed E-state index contributed by atoms with van der Waals surface area (Å²) in [5.41, 5.74) is 0. The molecule has 64 valence electrons. The van der Waals surface area contributed by atoms with E-state index in [0.717, 1.165) is 17.7 Å². The van der Waals surface area contributed by atoms with Crippen molar-refractivity contribution in [1.29, 1.82) is 0 Å². The third-order valence-corrected chi connectivity index (χ3v) is 2.93. The fraction of sp³-hybridized carbons (Fsp3) is 0.778. The van der Waals surface area contributed by atoms with Crippen molar-refractivity contribution in [2.24, 2.45) is 11.8 Å². The van der Waals surface area contributed by atoms with E-state index in [9.17, 15) is 0 Å². The lowest BCUT2D eigenvalue weighted by molar-refractivity contribution is 0.458. The van der Waals surface area contributed by atoms with Crippen LogP contribution < -0.4 is 0 Å². The fourth-order valence-corrected chi connectivity index (χ4v) is 2.01. The Bertz CT molecular complexity index is 303. The predicted octanol–water partition coefficient (Wildman–Crippen LogP) is 1.89. The van der Waals surface area contributed by atoms with Crippen LogP contribution in [0.25, 0.3) is 0 Å². The van der Waals surface area contributed by atoms with Gasteiger partial charge in [-0.2, -0.15) is 0 Å². The summed E-state index contributed by atoms with van der Waals surface area (Å²) in [4.78, 5) is 0. The van der Waals surface area contributed by atoms with Gasteiger partial charge in [0.1, 0.15) is 0 Å². The Kier molecular flexibility index (Phi) is 1.15. The summed E-state index contributed by atoms with van der Waals surface area (Å²) in [6, 6.07) is 0. The minimum absolute atomic E-state index is 0.610. The van der Waals surface area contributed by atoms with Crippen LogP contribution in [0.4, 0.5) is 0 Å². The van der Waals surface area contributed by atoms with Crippen molar-refractivity contribution in [3.05, 3.63) is 11.8 Å². The van der Waals surface area contributed by atoms with E-state index < -0.39 is 0 Å². The number of aryl methyl sites for hydroxylation is 1. The molecule has 0 aliphatic heterocycles. The van der Waals surface area contributed by atoms with Crippen molar-refractivity contribution in [2.45, 2.75) is 32.1 Å². The molecule has 2 fully saturated rings. The molecule has 0 amide bonds. The zero-order chi connectivity index (χ0) is 8.13. The minimum atomic E-state index is 0.610. The van der Waals surface area contributed by atoms with E-state index in [2.05, 4.69) is 10.2 Å². The first-order valence-electron chi connectivity index (χ1n) is 4.64. The monoisotopic (exact) mass is 164 g/mol. The highest BCUT2D eigenvalue weighted by atomic mass is 16.4. The molecule has 0 N–H and O–H groups in total. The second-order valence-electron chi connectivity index (χ2n) is 4.00. The molecule has 2 saturated carbocycles. The van der Waals surface area contributed by atoms with E-state index in [-0.39, 0.29) is 0 Å². The Morgan fingerprint density at radius 1 is 1.33 bits per heavy atom. The lowest BCUT2D eigenvalue weighted by Gasteiger charge is -1.89. The summed E-state index contributed by atoms with van der Waals surface area (Å²) in [5, 5.41) is 7.90. The number of hydrogen-bond donors (Lipinski definition) is 0.